The Morgan fingerprint density at radius 2 is 0.811 bits per heavy atom. The lowest BCUT2D eigenvalue weighted by Gasteiger charge is -2.28. The van der Waals surface area contributed by atoms with Gasteiger partial charge in [0, 0.05) is 95.5 Å². The summed E-state index contributed by atoms with van der Waals surface area (Å²) in [5.74, 6) is -15.7. The summed E-state index contributed by atoms with van der Waals surface area (Å²) in [7, 11) is 0. The molecular formula is C88H112N22O20S2. The van der Waals surface area contributed by atoms with E-state index in [0.717, 1.165) is 11.1 Å². The molecule has 44 heteroatoms. The van der Waals surface area contributed by atoms with Gasteiger partial charge in [-0.1, -0.05) is 85.7 Å². The first-order valence-corrected chi connectivity index (χ1v) is 43.6. The fourth-order valence-electron chi connectivity index (χ4n) is 14.3. The van der Waals surface area contributed by atoms with E-state index in [9.17, 15) is 97.8 Å². The number of hydrogen-bond donors (Lipinski definition) is 24. The number of aromatic carboxylic acids is 2. The van der Waals surface area contributed by atoms with Crippen molar-refractivity contribution in [2.24, 2.45) is 17.4 Å². The number of unbranched alkanes of at least 4 members (excludes halogenated alkanes) is 3. The van der Waals surface area contributed by atoms with Gasteiger partial charge in [-0.25, -0.2) is 19.6 Å². The summed E-state index contributed by atoms with van der Waals surface area (Å²) in [4.78, 5) is 200. The van der Waals surface area contributed by atoms with Gasteiger partial charge in [-0.15, -0.1) is 0 Å². The Labute approximate surface area is 770 Å². The molecule has 2 aliphatic heterocycles. The van der Waals surface area contributed by atoms with E-state index < -0.39 is 163 Å². The van der Waals surface area contributed by atoms with E-state index in [2.05, 4.69) is 94.2 Å². The molecule has 8 atom stereocenters. The van der Waals surface area contributed by atoms with Gasteiger partial charge in [0.25, 0.3) is 0 Å². The Morgan fingerprint density at radius 1 is 0.417 bits per heavy atom. The molecule has 26 N–H and O–H groups in total. The van der Waals surface area contributed by atoms with Crippen LogP contribution in [0, 0.1) is 16.7 Å². The Kier molecular flexibility index (Phi) is 41.3. The molecule has 0 bridgehead atoms. The topological polar surface area (TPSA) is 661 Å². The summed E-state index contributed by atoms with van der Waals surface area (Å²) >= 11 is 11.5. The zero-order chi connectivity index (χ0) is 95.8. The van der Waals surface area contributed by atoms with E-state index in [1.165, 1.54) is 60.7 Å². The quantitative estimate of drug-likeness (QED) is 0.0111. The molecule has 4 heterocycles. The van der Waals surface area contributed by atoms with Crippen molar-refractivity contribution in [3.8, 4) is 11.5 Å². The van der Waals surface area contributed by atoms with Crippen LogP contribution >= 0.6 is 24.4 Å². The van der Waals surface area contributed by atoms with Crippen LogP contribution in [0.4, 0.5) is 11.4 Å². The summed E-state index contributed by atoms with van der Waals surface area (Å²) < 4.78 is 0. The number of guanidine groups is 2. The standard InChI is InChI=1S/C88H112N22O20S2/c89-86(90)93-36-8-10-55-42-62(113)45-96-77(120)70(43-74(115)116)107-82(125)68(40-51-23-31-60(111)32-24-51)105-80(123)64(103-76(55)119)13-2-1-3-18-73(131)100-56-27-19-53(20-28-56)47-109(49-58-11-6-15-66(98-58)84(127)128)38-39-110(50-59-12-7-16-67(99-59)85(129)130)48-54-21-29-57(30-22-54)101-88(132)95-35-5-4-14-65-81(124)106-69(41-52-25-33-61(112)34-26-52)83(126)108-71(44-75(117)118)78(121)97-46-72(114)102-63(79(122)104-65)17-9-37-94-87(91)92/h6-7,11-12,15-16,19-34,55,63-65,68-71,111-112H,1-5,8-10,13-14,17-18,35-50H2,(H,96,120)(H,97,121)(H,100,131)(H,102,114)(H,103,119)(H,104,122)(H,105,123)(H,106,124)(H,107,125)(H,108,126)(H,115,116)(H,117,118)(H,127,128)(H,129,130)(H4,89,90,93)(H4,91,92,94)(H2,95,101,132). The lowest BCUT2D eigenvalue weighted by atomic mass is 9.94. The van der Waals surface area contributed by atoms with E-state index in [1.54, 1.807) is 24.3 Å². The van der Waals surface area contributed by atoms with Crippen LogP contribution in [-0.2, 0) is 96.6 Å². The first-order valence-electron chi connectivity index (χ1n) is 42.8. The summed E-state index contributed by atoms with van der Waals surface area (Å²) in [5.41, 5.74) is 15.4. The number of anilines is 2. The van der Waals surface area contributed by atoms with Crippen LogP contribution in [0.3, 0.4) is 0 Å². The summed E-state index contributed by atoms with van der Waals surface area (Å²) in [6.07, 6.45) is 0.347. The number of thiocarbonyl (C=S) groups is 2. The molecule has 42 nitrogen and oxygen atoms in total. The number of carboxylic acids is 4. The normalized spacial score (nSPS) is 18.5. The van der Waals surface area contributed by atoms with Crippen molar-refractivity contribution in [3.63, 3.8) is 0 Å². The minimum atomic E-state index is -1.71. The predicted octanol–water partition coefficient (Wildman–Crippen LogP) is 1.33. The largest absolute Gasteiger partial charge is 0.508 e. The average Bonchev–Trinajstić information content (AvgIpc) is 1.65. The van der Waals surface area contributed by atoms with Gasteiger partial charge in [-0.2, -0.15) is 0 Å². The molecule has 132 heavy (non-hydrogen) atoms. The summed E-state index contributed by atoms with van der Waals surface area (Å²) in [5, 5.41) is 112. The van der Waals surface area contributed by atoms with Crippen LogP contribution in [-0.4, -0.2) is 243 Å². The monoisotopic (exact) mass is 1860 g/mol. The Bertz CT molecular complexity index is 4770. The number of nitrogens with two attached hydrogens (primary N) is 2. The first-order chi connectivity index (χ1) is 63.1. The third-order valence-corrected chi connectivity index (χ3v) is 21.7. The number of phenolic OH excluding ortho intramolecular Hbond substituents is 2. The third-order valence-electron chi connectivity index (χ3n) is 21.1. The van der Waals surface area contributed by atoms with Gasteiger partial charge in [0.05, 0.1) is 42.3 Å². The molecule has 0 saturated carbocycles. The zero-order valence-corrected chi connectivity index (χ0v) is 73.9. The molecule has 0 aliphatic carbocycles. The Balaban J connectivity index is 0.906. The lowest BCUT2D eigenvalue weighted by Crippen LogP contribution is -2.58. The van der Waals surface area contributed by atoms with E-state index in [-0.39, 0.29) is 130 Å². The molecule has 8 unspecified atom stereocenters. The van der Waals surface area contributed by atoms with Crippen molar-refractivity contribution in [3.05, 3.63) is 178 Å². The number of benzene rings is 4. The van der Waals surface area contributed by atoms with Gasteiger partial charge in [0.15, 0.2) is 22.8 Å². The number of nitrogens with zero attached hydrogens (tertiary/aromatic N) is 4. The second kappa shape index (κ2) is 52.9. The molecule has 0 spiro atoms. The van der Waals surface area contributed by atoms with Crippen LogP contribution in [0.25, 0.3) is 0 Å². The smallest absolute Gasteiger partial charge is 0.354 e. The number of aromatic hydroxyl groups is 2. The van der Waals surface area contributed by atoms with Gasteiger partial charge >= 0.3 is 23.9 Å². The van der Waals surface area contributed by atoms with Crippen molar-refractivity contribution in [1.29, 1.82) is 10.8 Å². The predicted molar refractivity (Wildman–Crippen MR) is 490 cm³/mol. The molecule has 6 aromatic rings. The number of carboxylic acid groups (broad SMARTS) is 4. The molecule has 2 aromatic heterocycles. The molecule has 0 radical (unpaired) electrons. The number of carbonyl (C=O) groups excluding carboxylic acids is 10. The number of phenols is 2. The van der Waals surface area contributed by atoms with Crippen LogP contribution in [0.1, 0.15) is 151 Å². The molecule has 2 saturated heterocycles. The van der Waals surface area contributed by atoms with Crippen LogP contribution < -0.4 is 85.9 Å². The van der Waals surface area contributed by atoms with Gasteiger partial charge < -0.3 is 117 Å². The summed E-state index contributed by atoms with van der Waals surface area (Å²) in [6.45, 7) is 1.01. The highest BCUT2D eigenvalue weighted by Crippen LogP contribution is 2.23. The molecule has 2 aliphatic rings. The Morgan fingerprint density at radius 3 is 1.27 bits per heavy atom. The highest BCUT2D eigenvalue weighted by molar-refractivity contribution is 7.80. The molecule has 2 fully saturated rings. The number of carbonyl (C=O) groups is 14. The third kappa shape index (κ3) is 37.0. The van der Waals surface area contributed by atoms with Gasteiger partial charge in [0.1, 0.15) is 65.2 Å². The number of Topliss-reactive ketones (excluding diaryl/α,β-unsaturated/α-hetero) is 1. The van der Waals surface area contributed by atoms with Gasteiger partial charge in [-0.3, -0.25) is 78.2 Å². The van der Waals surface area contributed by atoms with E-state index in [1.807, 2.05) is 48.5 Å². The van der Waals surface area contributed by atoms with Crippen molar-refractivity contribution in [1.82, 2.24) is 83.6 Å². The maximum atomic E-state index is 14.5. The van der Waals surface area contributed by atoms with E-state index in [4.69, 9.17) is 46.7 Å². The molecule has 4 aromatic carbocycles. The van der Waals surface area contributed by atoms with E-state index >= 15 is 0 Å². The van der Waals surface area contributed by atoms with Crippen LogP contribution in [0.15, 0.2) is 133 Å². The van der Waals surface area contributed by atoms with Crippen LogP contribution in [0.5, 0.6) is 11.5 Å². The van der Waals surface area contributed by atoms with Crippen molar-refractivity contribution in [2.45, 2.75) is 178 Å². The zero-order valence-electron chi connectivity index (χ0n) is 72.3. The van der Waals surface area contributed by atoms with Gasteiger partial charge in [0.2, 0.25) is 53.2 Å². The number of aliphatic carboxylic acids is 2. The van der Waals surface area contributed by atoms with Crippen LogP contribution in [0.2, 0.25) is 0 Å². The Hall–Kier alpha value is -14.4. The lowest BCUT2D eigenvalue weighted by molar-refractivity contribution is -0.141. The van der Waals surface area contributed by atoms with Crippen molar-refractivity contribution < 1.29 is 97.8 Å². The maximum absolute atomic E-state index is 14.5. The fourth-order valence-corrected chi connectivity index (χ4v) is 14.8. The molecular weight excluding hydrogens is 1750 g/mol. The second-order valence-corrected chi connectivity index (χ2v) is 32.6. The number of pyridine rings is 2. The number of amides is 9. The van der Waals surface area contributed by atoms with Crippen molar-refractivity contribution in [2.75, 3.05) is 56.4 Å². The highest BCUT2D eigenvalue weighted by Gasteiger charge is 2.37. The number of hydrogen-bond acceptors (Lipinski definition) is 24. The van der Waals surface area contributed by atoms with Gasteiger partial charge in [-0.05, 0) is 171 Å². The second-order valence-electron chi connectivity index (χ2n) is 31.7. The van der Waals surface area contributed by atoms with E-state index in [0.29, 0.717) is 97.2 Å². The molecule has 9 amide bonds. The minimum Gasteiger partial charge on any atom is -0.508 e. The number of nitrogens with one attached hydrogen (secondary N) is 16. The minimum absolute atomic E-state index is 0.0193. The number of rotatable bonds is 42. The molecule has 706 valence electrons. The fraction of sp³-hybridized carbons (Fsp3) is 0.409. The average molecular weight is 1860 g/mol. The number of aromatic nitrogens is 2. The summed E-state index contributed by atoms with van der Waals surface area (Å²) in [6, 6.07) is 25.6. The highest BCUT2D eigenvalue weighted by atomic mass is 32.1. The first kappa shape index (κ1) is 103. The van der Waals surface area contributed by atoms with Crippen molar-refractivity contribution >= 4 is 141 Å². The SMILES string of the molecule is N=C(N)NCCCC1CC(=O)CNC(=O)C(CC(=O)O)NC(=O)C(Cc2ccc(O)cc2)NC(=O)C(CCCCCC(=S)Nc2ccc(CN(CCN(Cc3ccc(NC(=S)NCCCCC4NC(=O)C(CCCNC(=N)N)NC(=O)CNC(=O)C(CC(=O)O)NC(=O)C(Cc5ccc(O)cc5)NC4=O)cc3)Cc3cccc(C(=O)O)n3)Cc3cccc(C(=O)O)n3)cc2)NC1=O. The number of ketones is 1. The maximum Gasteiger partial charge on any atom is 0.354 e. The molecule has 8 rings (SSSR count).